The first-order valence-corrected chi connectivity index (χ1v) is 10.3. The van der Waals surface area contributed by atoms with Crippen LogP contribution in [0.1, 0.15) is 35.4 Å². The van der Waals surface area contributed by atoms with Gasteiger partial charge in [0.1, 0.15) is 0 Å². The minimum Gasteiger partial charge on any atom is -0.316 e. The highest BCUT2D eigenvalue weighted by Gasteiger charge is 2.22. The molecule has 2 aliphatic heterocycles. The molecule has 2 aromatic rings. The first-order chi connectivity index (χ1) is 12.8. The summed E-state index contributed by atoms with van der Waals surface area (Å²) < 4.78 is 0. The normalized spacial score (nSPS) is 18.6. The Balaban J connectivity index is 0.00000140. The molecule has 1 aromatic carbocycles. The van der Waals surface area contributed by atoms with E-state index in [0.29, 0.717) is 12.3 Å². The average molecular weight is 443 g/mol. The fourth-order valence-corrected chi connectivity index (χ4v) is 4.82. The summed E-state index contributed by atoms with van der Waals surface area (Å²) in [6.07, 6.45) is 3.71. The number of halogens is 2. The number of carbonyl (C=O) groups excluding carboxylic acids is 1. The van der Waals surface area contributed by atoms with Gasteiger partial charge in [0.15, 0.2) is 5.13 Å². The number of aromatic nitrogens is 1. The zero-order valence-corrected chi connectivity index (χ0v) is 18.3. The number of thiazole rings is 1. The SMILES string of the molecule is Cl.Cl.O=C(CCC1CCNC1)Nc1nc2c(s1)CN(Cc1ccccc1)CC2. The number of nitrogens with zero attached hydrogens (tertiary/aromatic N) is 2. The average Bonchev–Trinajstić information content (AvgIpc) is 3.29. The molecule has 28 heavy (non-hydrogen) atoms. The number of hydrogen-bond acceptors (Lipinski definition) is 5. The fraction of sp³-hybridized carbons (Fsp3) is 0.500. The second-order valence-corrected chi connectivity index (χ2v) is 8.36. The van der Waals surface area contributed by atoms with Gasteiger partial charge in [0, 0.05) is 37.4 Å². The van der Waals surface area contributed by atoms with E-state index < -0.39 is 0 Å². The molecule has 2 aliphatic rings. The summed E-state index contributed by atoms with van der Waals surface area (Å²) in [4.78, 5) is 20.6. The lowest BCUT2D eigenvalue weighted by Gasteiger charge is -2.25. The Morgan fingerprint density at radius 2 is 2.11 bits per heavy atom. The van der Waals surface area contributed by atoms with Gasteiger partial charge in [-0.05, 0) is 37.4 Å². The number of benzene rings is 1. The van der Waals surface area contributed by atoms with Crippen LogP contribution >= 0.6 is 36.2 Å². The Bertz CT molecular complexity index is 750. The van der Waals surface area contributed by atoms with Gasteiger partial charge >= 0.3 is 0 Å². The van der Waals surface area contributed by atoms with Crippen LogP contribution < -0.4 is 10.6 Å². The van der Waals surface area contributed by atoms with Crippen LogP contribution in [0.2, 0.25) is 0 Å². The van der Waals surface area contributed by atoms with Crippen LogP contribution in [0.25, 0.3) is 0 Å². The van der Waals surface area contributed by atoms with Gasteiger partial charge in [-0.2, -0.15) is 0 Å². The maximum Gasteiger partial charge on any atom is 0.226 e. The Kier molecular flexibility index (Phi) is 9.18. The number of hydrogen-bond donors (Lipinski definition) is 2. The molecule has 8 heteroatoms. The molecule has 5 nitrogen and oxygen atoms in total. The second-order valence-electron chi connectivity index (χ2n) is 7.28. The first-order valence-electron chi connectivity index (χ1n) is 9.52. The summed E-state index contributed by atoms with van der Waals surface area (Å²) in [6, 6.07) is 10.6. The minimum atomic E-state index is 0. The van der Waals surface area contributed by atoms with Crippen molar-refractivity contribution in [3.63, 3.8) is 0 Å². The first kappa shape index (κ1) is 23.1. The predicted octanol–water partition coefficient (Wildman–Crippen LogP) is 3.87. The number of amides is 1. The molecule has 0 aliphatic carbocycles. The van der Waals surface area contributed by atoms with Gasteiger partial charge in [0.25, 0.3) is 0 Å². The van der Waals surface area contributed by atoms with E-state index in [9.17, 15) is 4.79 Å². The summed E-state index contributed by atoms with van der Waals surface area (Å²) in [5.41, 5.74) is 2.50. The molecule has 1 aromatic heterocycles. The topological polar surface area (TPSA) is 57.3 Å². The van der Waals surface area contributed by atoms with Crippen molar-refractivity contribution in [1.82, 2.24) is 15.2 Å². The Morgan fingerprint density at radius 1 is 1.29 bits per heavy atom. The molecular formula is C20H28Cl2N4OS. The number of fused-ring (bicyclic) bond motifs is 1. The minimum absolute atomic E-state index is 0. The van der Waals surface area contributed by atoms with Crippen molar-refractivity contribution < 1.29 is 4.79 Å². The van der Waals surface area contributed by atoms with Crippen LogP contribution in [0.3, 0.4) is 0 Å². The number of carbonyl (C=O) groups is 1. The van der Waals surface area contributed by atoms with Crippen molar-refractivity contribution in [1.29, 1.82) is 0 Å². The van der Waals surface area contributed by atoms with Crippen molar-refractivity contribution >= 4 is 47.2 Å². The van der Waals surface area contributed by atoms with E-state index >= 15 is 0 Å². The second kappa shape index (κ2) is 11.1. The van der Waals surface area contributed by atoms with Crippen LogP contribution in [-0.4, -0.2) is 35.4 Å². The highest BCUT2D eigenvalue weighted by atomic mass is 35.5. The molecule has 0 saturated carbocycles. The van der Waals surface area contributed by atoms with Gasteiger partial charge in [0.05, 0.1) is 5.69 Å². The Morgan fingerprint density at radius 3 is 2.86 bits per heavy atom. The van der Waals surface area contributed by atoms with E-state index in [1.54, 1.807) is 11.3 Å². The van der Waals surface area contributed by atoms with Crippen molar-refractivity contribution in [2.45, 2.75) is 38.8 Å². The zero-order chi connectivity index (χ0) is 17.8. The highest BCUT2D eigenvalue weighted by molar-refractivity contribution is 7.15. The van der Waals surface area contributed by atoms with Gasteiger partial charge in [-0.3, -0.25) is 9.69 Å². The lowest BCUT2D eigenvalue weighted by Crippen LogP contribution is -2.29. The number of anilines is 1. The highest BCUT2D eigenvalue weighted by Crippen LogP contribution is 2.29. The lowest BCUT2D eigenvalue weighted by molar-refractivity contribution is -0.116. The smallest absolute Gasteiger partial charge is 0.226 e. The molecule has 4 rings (SSSR count). The van der Waals surface area contributed by atoms with Gasteiger partial charge in [0.2, 0.25) is 5.91 Å². The van der Waals surface area contributed by atoms with Gasteiger partial charge < -0.3 is 10.6 Å². The van der Waals surface area contributed by atoms with Gasteiger partial charge in [-0.15, -0.1) is 36.2 Å². The molecule has 1 saturated heterocycles. The van der Waals surface area contributed by atoms with E-state index in [4.69, 9.17) is 0 Å². The van der Waals surface area contributed by atoms with Crippen LogP contribution in [-0.2, 0) is 24.3 Å². The van der Waals surface area contributed by atoms with Crippen LogP contribution in [0.15, 0.2) is 30.3 Å². The molecule has 154 valence electrons. The van der Waals surface area contributed by atoms with Gasteiger partial charge in [-0.25, -0.2) is 4.98 Å². The van der Waals surface area contributed by atoms with E-state index in [1.807, 2.05) is 0 Å². The zero-order valence-electron chi connectivity index (χ0n) is 15.9. The molecule has 0 radical (unpaired) electrons. The lowest BCUT2D eigenvalue weighted by atomic mass is 10.0. The standard InChI is InChI=1S/C20H26N4OS.2ClH/c25-19(7-6-15-8-10-21-12-15)23-20-22-17-9-11-24(14-18(17)26-20)13-16-4-2-1-3-5-16;;/h1-5,15,21H,6-14H2,(H,22,23,25);2*1H. The Hall–Kier alpha value is -1.18. The third-order valence-electron chi connectivity index (χ3n) is 5.25. The van der Waals surface area contributed by atoms with Crippen LogP contribution in [0.4, 0.5) is 5.13 Å². The molecule has 2 N–H and O–H groups in total. The summed E-state index contributed by atoms with van der Waals surface area (Å²) in [7, 11) is 0. The monoisotopic (exact) mass is 442 g/mol. The number of rotatable bonds is 6. The van der Waals surface area contributed by atoms with E-state index in [2.05, 4.69) is 50.8 Å². The third kappa shape index (κ3) is 6.16. The molecular weight excluding hydrogens is 415 g/mol. The van der Waals surface area contributed by atoms with Crippen LogP contribution in [0, 0.1) is 5.92 Å². The Labute approximate surface area is 183 Å². The molecule has 0 bridgehead atoms. The van der Waals surface area contributed by atoms with Crippen molar-refractivity contribution in [3.05, 3.63) is 46.5 Å². The molecule has 1 amide bonds. The molecule has 1 fully saturated rings. The summed E-state index contributed by atoms with van der Waals surface area (Å²) in [6.45, 7) is 5.05. The largest absolute Gasteiger partial charge is 0.316 e. The summed E-state index contributed by atoms with van der Waals surface area (Å²) >= 11 is 1.64. The quantitative estimate of drug-likeness (QED) is 0.712. The van der Waals surface area contributed by atoms with Crippen molar-refractivity contribution in [2.75, 3.05) is 25.0 Å². The van der Waals surface area contributed by atoms with E-state index in [-0.39, 0.29) is 30.7 Å². The van der Waals surface area contributed by atoms with Crippen LogP contribution in [0.5, 0.6) is 0 Å². The molecule has 3 heterocycles. The maximum atomic E-state index is 12.2. The summed E-state index contributed by atoms with van der Waals surface area (Å²) in [5.74, 6) is 0.751. The fourth-order valence-electron chi connectivity index (χ4n) is 3.76. The van der Waals surface area contributed by atoms with Crippen molar-refractivity contribution in [2.24, 2.45) is 5.92 Å². The number of nitrogens with one attached hydrogen (secondary N) is 2. The maximum absolute atomic E-state index is 12.2. The van der Waals surface area contributed by atoms with Crippen molar-refractivity contribution in [3.8, 4) is 0 Å². The molecule has 0 spiro atoms. The predicted molar refractivity (Wildman–Crippen MR) is 120 cm³/mol. The van der Waals surface area contributed by atoms with E-state index in [1.165, 1.54) is 16.9 Å². The summed E-state index contributed by atoms with van der Waals surface area (Å²) in [5, 5.41) is 7.14. The van der Waals surface area contributed by atoms with E-state index in [0.717, 1.165) is 56.4 Å². The molecule has 1 unspecified atom stereocenters. The van der Waals surface area contributed by atoms with Gasteiger partial charge in [-0.1, -0.05) is 30.3 Å². The third-order valence-corrected chi connectivity index (χ3v) is 6.25. The molecule has 1 atom stereocenters.